The Labute approximate surface area is 187 Å². The number of methoxy groups -OCH3 is 3. The number of hydrogen-bond acceptors (Lipinski definition) is 5. The van der Waals surface area contributed by atoms with Crippen molar-refractivity contribution >= 4 is 5.96 Å². The van der Waals surface area contributed by atoms with Crippen molar-refractivity contribution < 1.29 is 18.6 Å². The third kappa shape index (κ3) is 5.11. The van der Waals surface area contributed by atoms with Gasteiger partial charge in [-0.25, -0.2) is 9.37 Å². The number of benzene rings is 2. The van der Waals surface area contributed by atoms with Crippen molar-refractivity contribution in [3.05, 3.63) is 65.5 Å². The molecule has 170 valence electrons. The van der Waals surface area contributed by atoms with E-state index in [0.717, 1.165) is 17.0 Å². The number of aromatic nitrogens is 2. The van der Waals surface area contributed by atoms with Gasteiger partial charge < -0.3 is 29.4 Å². The number of aryl methyl sites for hydroxylation is 1. The zero-order valence-electron chi connectivity index (χ0n) is 18.9. The van der Waals surface area contributed by atoms with Gasteiger partial charge in [-0.2, -0.15) is 0 Å². The molecule has 0 aliphatic heterocycles. The number of nitrogens with zero attached hydrogens (tertiary/aromatic N) is 3. The highest BCUT2D eigenvalue weighted by Crippen LogP contribution is 2.38. The molecule has 1 aromatic heterocycles. The van der Waals surface area contributed by atoms with Crippen LogP contribution in [0, 0.1) is 12.7 Å². The highest BCUT2D eigenvalue weighted by Gasteiger charge is 2.13. The summed E-state index contributed by atoms with van der Waals surface area (Å²) in [6, 6.07) is 8.86. The molecule has 0 saturated heterocycles. The standard InChI is InChI=1S/C23H28FN5O3/c1-15-26-8-9-29(15)19-7-6-16(10-18(19)24)13-27-23(25-2)28-14-17-11-20(30-3)22(32-5)21(12-17)31-4/h6-12H,13-14H2,1-5H3,(H2,25,27,28). The zero-order valence-corrected chi connectivity index (χ0v) is 18.9. The van der Waals surface area contributed by atoms with Crippen LogP contribution in [0.5, 0.6) is 17.2 Å². The lowest BCUT2D eigenvalue weighted by Crippen LogP contribution is -2.36. The minimum absolute atomic E-state index is 0.314. The number of ether oxygens (including phenoxy) is 3. The Morgan fingerprint density at radius 2 is 1.66 bits per heavy atom. The van der Waals surface area contributed by atoms with Crippen LogP contribution in [0.1, 0.15) is 17.0 Å². The molecular formula is C23H28FN5O3. The summed E-state index contributed by atoms with van der Waals surface area (Å²) in [6.45, 7) is 2.72. The van der Waals surface area contributed by atoms with E-state index in [2.05, 4.69) is 20.6 Å². The minimum atomic E-state index is -0.314. The number of hydrogen-bond donors (Lipinski definition) is 2. The first kappa shape index (κ1) is 22.9. The number of imidazole rings is 1. The van der Waals surface area contributed by atoms with Crippen molar-refractivity contribution in [2.45, 2.75) is 20.0 Å². The quantitative estimate of drug-likeness (QED) is 0.413. The van der Waals surface area contributed by atoms with Crippen LogP contribution in [-0.2, 0) is 13.1 Å². The molecule has 3 rings (SSSR count). The Morgan fingerprint density at radius 3 is 2.16 bits per heavy atom. The van der Waals surface area contributed by atoms with Crippen molar-refractivity contribution in [3.8, 4) is 22.9 Å². The van der Waals surface area contributed by atoms with Gasteiger partial charge in [0, 0.05) is 32.5 Å². The average Bonchev–Trinajstić information content (AvgIpc) is 3.23. The largest absolute Gasteiger partial charge is 0.493 e. The maximum atomic E-state index is 14.6. The van der Waals surface area contributed by atoms with E-state index in [1.807, 2.05) is 25.1 Å². The molecule has 0 unspecified atom stereocenters. The summed E-state index contributed by atoms with van der Waals surface area (Å²) in [5, 5.41) is 6.43. The number of rotatable bonds is 8. The van der Waals surface area contributed by atoms with Gasteiger partial charge in [-0.1, -0.05) is 6.07 Å². The summed E-state index contributed by atoms with van der Waals surface area (Å²) in [7, 11) is 6.40. The second-order valence-electron chi connectivity index (χ2n) is 6.94. The lowest BCUT2D eigenvalue weighted by atomic mass is 10.1. The van der Waals surface area contributed by atoms with Gasteiger partial charge in [0.1, 0.15) is 11.6 Å². The van der Waals surface area contributed by atoms with Gasteiger partial charge in [-0.3, -0.25) is 4.99 Å². The van der Waals surface area contributed by atoms with Crippen LogP contribution in [0.15, 0.2) is 47.7 Å². The van der Waals surface area contributed by atoms with E-state index in [1.54, 1.807) is 51.4 Å². The Hall–Kier alpha value is -3.75. The van der Waals surface area contributed by atoms with Crippen molar-refractivity contribution in [1.29, 1.82) is 0 Å². The Kier molecular flexibility index (Phi) is 7.54. The molecule has 0 radical (unpaired) electrons. The molecule has 2 aromatic carbocycles. The van der Waals surface area contributed by atoms with Gasteiger partial charge in [0.15, 0.2) is 17.5 Å². The Balaban J connectivity index is 1.63. The van der Waals surface area contributed by atoms with Crippen LogP contribution in [-0.4, -0.2) is 43.9 Å². The molecule has 0 aliphatic carbocycles. The fraction of sp³-hybridized carbons (Fsp3) is 0.304. The normalized spacial score (nSPS) is 11.2. The van der Waals surface area contributed by atoms with Gasteiger partial charge >= 0.3 is 0 Å². The van der Waals surface area contributed by atoms with Gasteiger partial charge in [-0.15, -0.1) is 0 Å². The predicted octanol–water partition coefficient (Wildman–Crippen LogP) is 3.21. The molecule has 1 heterocycles. The number of guanidine groups is 1. The molecule has 0 amide bonds. The van der Waals surface area contributed by atoms with E-state index < -0.39 is 0 Å². The fourth-order valence-corrected chi connectivity index (χ4v) is 3.32. The van der Waals surface area contributed by atoms with Gasteiger partial charge in [0.2, 0.25) is 5.75 Å². The van der Waals surface area contributed by atoms with Crippen LogP contribution in [0.25, 0.3) is 5.69 Å². The smallest absolute Gasteiger partial charge is 0.203 e. The van der Waals surface area contributed by atoms with E-state index >= 15 is 0 Å². The lowest BCUT2D eigenvalue weighted by Gasteiger charge is -2.16. The molecule has 0 spiro atoms. The highest BCUT2D eigenvalue weighted by atomic mass is 19.1. The summed E-state index contributed by atoms with van der Waals surface area (Å²) in [5.74, 6) is 2.69. The topological polar surface area (TPSA) is 81.9 Å². The number of aliphatic imine (C=N–C) groups is 1. The first-order valence-corrected chi connectivity index (χ1v) is 10.0. The Bertz CT molecular complexity index is 1070. The summed E-state index contributed by atoms with van der Waals surface area (Å²) in [6.07, 6.45) is 3.38. The molecule has 0 bridgehead atoms. The fourth-order valence-electron chi connectivity index (χ4n) is 3.32. The van der Waals surface area contributed by atoms with Crippen molar-refractivity contribution in [2.24, 2.45) is 4.99 Å². The number of halogens is 1. The first-order chi connectivity index (χ1) is 15.5. The number of nitrogens with one attached hydrogen (secondary N) is 2. The van der Waals surface area contributed by atoms with E-state index in [4.69, 9.17) is 14.2 Å². The third-order valence-electron chi connectivity index (χ3n) is 4.97. The monoisotopic (exact) mass is 441 g/mol. The zero-order chi connectivity index (χ0) is 23.1. The van der Waals surface area contributed by atoms with Crippen molar-refractivity contribution in [1.82, 2.24) is 20.2 Å². The van der Waals surface area contributed by atoms with E-state index in [-0.39, 0.29) is 5.82 Å². The summed E-state index contributed by atoms with van der Waals surface area (Å²) in [5.41, 5.74) is 2.18. The van der Waals surface area contributed by atoms with Crippen molar-refractivity contribution in [2.75, 3.05) is 28.4 Å². The molecule has 3 aromatic rings. The lowest BCUT2D eigenvalue weighted by molar-refractivity contribution is 0.323. The molecular weight excluding hydrogens is 413 g/mol. The van der Waals surface area contributed by atoms with Crippen LogP contribution in [0.4, 0.5) is 4.39 Å². The molecule has 8 nitrogen and oxygen atoms in total. The maximum Gasteiger partial charge on any atom is 0.203 e. The first-order valence-electron chi connectivity index (χ1n) is 10.0. The molecule has 0 aliphatic rings. The summed E-state index contributed by atoms with van der Waals surface area (Å²) in [4.78, 5) is 8.37. The molecule has 2 N–H and O–H groups in total. The van der Waals surface area contributed by atoms with E-state index in [0.29, 0.717) is 42.0 Å². The van der Waals surface area contributed by atoms with Gasteiger partial charge in [-0.05, 0) is 42.3 Å². The van der Waals surface area contributed by atoms with Crippen LogP contribution >= 0.6 is 0 Å². The summed E-state index contributed by atoms with van der Waals surface area (Å²) < 4.78 is 32.5. The van der Waals surface area contributed by atoms with Crippen LogP contribution in [0.3, 0.4) is 0 Å². The molecule has 9 heteroatoms. The average molecular weight is 442 g/mol. The minimum Gasteiger partial charge on any atom is -0.493 e. The van der Waals surface area contributed by atoms with Crippen molar-refractivity contribution in [3.63, 3.8) is 0 Å². The predicted molar refractivity (Wildman–Crippen MR) is 121 cm³/mol. The second kappa shape index (κ2) is 10.5. The van der Waals surface area contributed by atoms with Crippen LogP contribution < -0.4 is 24.8 Å². The molecule has 0 saturated carbocycles. The van der Waals surface area contributed by atoms with E-state index in [9.17, 15) is 4.39 Å². The summed E-state index contributed by atoms with van der Waals surface area (Å²) >= 11 is 0. The van der Waals surface area contributed by atoms with Gasteiger partial charge in [0.25, 0.3) is 0 Å². The van der Waals surface area contributed by atoms with Crippen LogP contribution in [0.2, 0.25) is 0 Å². The second-order valence-corrected chi connectivity index (χ2v) is 6.94. The van der Waals surface area contributed by atoms with Gasteiger partial charge in [0.05, 0.1) is 27.0 Å². The highest BCUT2D eigenvalue weighted by molar-refractivity contribution is 5.79. The SMILES string of the molecule is CN=C(NCc1ccc(-n2ccnc2C)c(F)c1)NCc1cc(OC)c(OC)c(OC)c1. The maximum absolute atomic E-state index is 14.6. The van der Waals surface area contributed by atoms with E-state index in [1.165, 1.54) is 6.07 Å². The molecule has 0 fully saturated rings. The Morgan fingerprint density at radius 1 is 1.00 bits per heavy atom. The molecule has 0 atom stereocenters. The third-order valence-corrected chi connectivity index (χ3v) is 4.97. The molecule has 32 heavy (non-hydrogen) atoms.